The predicted molar refractivity (Wildman–Crippen MR) is 117 cm³/mol. The Kier molecular flexibility index (Phi) is 7.08. The molecule has 0 aliphatic heterocycles. The van der Waals surface area contributed by atoms with Gasteiger partial charge in [-0.3, -0.25) is 4.98 Å². The van der Waals surface area contributed by atoms with Gasteiger partial charge in [0.25, 0.3) is 0 Å². The molecule has 0 aliphatic rings. The summed E-state index contributed by atoms with van der Waals surface area (Å²) < 4.78 is 0. The van der Waals surface area contributed by atoms with Gasteiger partial charge in [-0.1, -0.05) is 55.8 Å². The van der Waals surface area contributed by atoms with Crippen molar-refractivity contribution >= 4 is 28.2 Å². The van der Waals surface area contributed by atoms with Gasteiger partial charge in [0, 0.05) is 34.8 Å². The number of pyridine rings is 1. The van der Waals surface area contributed by atoms with Gasteiger partial charge >= 0.3 is 0 Å². The maximum atomic E-state index is 6.11. The number of benzene rings is 2. The van der Waals surface area contributed by atoms with E-state index in [1.165, 1.54) is 5.56 Å². The smallest absolute Gasteiger partial charge is 0.0737 e. The Morgan fingerprint density at radius 2 is 1.81 bits per heavy atom. The standard InChI is InChI=1S/C23H28ClN3/c1-3-27(4-2)15-13-19(18-8-6-5-7-9-18)17-26-22-12-14-25-23-16-20(24)10-11-21(22)23/h5-12,14,16,19H,3-4,13,15,17H2,1-2H3,(H,25,26)/t19-/m0/s1. The molecule has 3 aromatic rings. The van der Waals surface area contributed by atoms with Gasteiger partial charge in [0.2, 0.25) is 0 Å². The summed E-state index contributed by atoms with van der Waals surface area (Å²) in [6.45, 7) is 8.66. The molecule has 0 bridgehead atoms. The normalized spacial score (nSPS) is 12.4. The lowest BCUT2D eigenvalue weighted by Gasteiger charge is -2.24. The van der Waals surface area contributed by atoms with Crippen molar-refractivity contribution in [3.8, 4) is 0 Å². The van der Waals surface area contributed by atoms with E-state index in [0.717, 1.165) is 49.2 Å². The van der Waals surface area contributed by atoms with Crippen LogP contribution in [0, 0.1) is 0 Å². The van der Waals surface area contributed by atoms with Gasteiger partial charge in [0.15, 0.2) is 0 Å². The van der Waals surface area contributed by atoms with Crippen molar-refractivity contribution in [3.05, 3.63) is 71.4 Å². The van der Waals surface area contributed by atoms with E-state index >= 15 is 0 Å². The summed E-state index contributed by atoms with van der Waals surface area (Å²) in [6, 6.07) is 18.7. The first-order chi connectivity index (χ1) is 13.2. The third kappa shape index (κ3) is 5.21. The summed E-state index contributed by atoms with van der Waals surface area (Å²) in [5.41, 5.74) is 3.42. The summed E-state index contributed by atoms with van der Waals surface area (Å²) in [6.07, 6.45) is 2.97. The number of aromatic nitrogens is 1. The van der Waals surface area contributed by atoms with E-state index in [9.17, 15) is 0 Å². The van der Waals surface area contributed by atoms with Crippen molar-refractivity contribution in [2.75, 3.05) is 31.5 Å². The minimum absolute atomic E-state index is 0.460. The van der Waals surface area contributed by atoms with Crippen LogP contribution in [0.1, 0.15) is 31.7 Å². The molecular weight excluding hydrogens is 354 g/mol. The first-order valence-electron chi connectivity index (χ1n) is 9.76. The van der Waals surface area contributed by atoms with Crippen molar-refractivity contribution in [3.63, 3.8) is 0 Å². The zero-order valence-corrected chi connectivity index (χ0v) is 16.9. The highest BCUT2D eigenvalue weighted by atomic mass is 35.5. The Hall–Kier alpha value is -2.10. The monoisotopic (exact) mass is 381 g/mol. The molecule has 0 saturated carbocycles. The Balaban J connectivity index is 1.76. The molecule has 0 aliphatic carbocycles. The molecule has 0 fully saturated rings. The molecule has 142 valence electrons. The molecule has 1 heterocycles. The summed E-state index contributed by atoms with van der Waals surface area (Å²) in [4.78, 5) is 6.92. The third-order valence-electron chi connectivity index (χ3n) is 5.20. The molecule has 0 spiro atoms. The second-order valence-corrected chi connectivity index (χ2v) is 7.26. The first-order valence-corrected chi connectivity index (χ1v) is 10.1. The quantitative estimate of drug-likeness (QED) is 0.506. The molecule has 0 saturated heterocycles. The highest BCUT2D eigenvalue weighted by Gasteiger charge is 2.14. The second kappa shape index (κ2) is 9.72. The Morgan fingerprint density at radius 3 is 2.56 bits per heavy atom. The lowest BCUT2D eigenvalue weighted by molar-refractivity contribution is 0.291. The lowest BCUT2D eigenvalue weighted by Crippen LogP contribution is -2.26. The highest BCUT2D eigenvalue weighted by molar-refractivity contribution is 6.31. The van der Waals surface area contributed by atoms with Gasteiger partial charge in [-0.2, -0.15) is 0 Å². The van der Waals surface area contributed by atoms with E-state index in [2.05, 4.69) is 59.4 Å². The molecule has 0 amide bonds. The molecule has 1 N–H and O–H groups in total. The van der Waals surface area contributed by atoms with Crippen molar-refractivity contribution in [1.29, 1.82) is 0 Å². The summed E-state index contributed by atoms with van der Waals surface area (Å²) in [5, 5.41) is 5.49. The van der Waals surface area contributed by atoms with Crippen LogP contribution in [0.4, 0.5) is 5.69 Å². The third-order valence-corrected chi connectivity index (χ3v) is 5.44. The fraction of sp³-hybridized carbons (Fsp3) is 0.348. The van der Waals surface area contributed by atoms with E-state index in [0.29, 0.717) is 10.9 Å². The average molecular weight is 382 g/mol. The summed E-state index contributed by atoms with van der Waals surface area (Å²) in [7, 11) is 0. The molecule has 4 heteroatoms. The van der Waals surface area contributed by atoms with Gasteiger partial charge in [0.05, 0.1) is 5.52 Å². The van der Waals surface area contributed by atoms with Gasteiger partial charge in [0.1, 0.15) is 0 Å². The van der Waals surface area contributed by atoms with Crippen LogP contribution in [0.5, 0.6) is 0 Å². The SMILES string of the molecule is CCN(CC)CC[C@@H](CNc1ccnc2cc(Cl)ccc12)c1ccccc1. The van der Waals surface area contributed by atoms with Crippen molar-refractivity contribution in [2.24, 2.45) is 0 Å². The van der Waals surface area contributed by atoms with Crippen LogP contribution >= 0.6 is 11.6 Å². The fourth-order valence-corrected chi connectivity index (χ4v) is 3.66. The van der Waals surface area contributed by atoms with Gasteiger partial charge in [-0.15, -0.1) is 0 Å². The number of fused-ring (bicyclic) bond motifs is 1. The van der Waals surface area contributed by atoms with Crippen molar-refractivity contribution < 1.29 is 0 Å². The van der Waals surface area contributed by atoms with Crippen LogP contribution in [0.15, 0.2) is 60.8 Å². The molecule has 3 rings (SSSR count). The molecule has 0 unspecified atom stereocenters. The number of nitrogens with zero attached hydrogens (tertiary/aromatic N) is 2. The van der Waals surface area contributed by atoms with Crippen LogP contribution in [-0.4, -0.2) is 36.1 Å². The minimum atomic E-state index is 0.460. The van der Waals surface area contributed by atoms with Crippen LogP contribution in [0.3, 0.4) is 0 Å². The second-order valence-electron chi connectivity index (χ2n) is 6.82. The summed E-state index contributed by atoms with van der Waals surface area (Å²) in [5.74, 6) is 0.460. The number of nitrogens with one attached hydrogen (secondary N) is 1. The molecule has 1 atom stereocenters. The van der Waals surface area contributed by atoms with Gasteiger partial charge in [-0.25, -0.2) is 0 Å². The van der Waals surface area contributed by atoms with E-state index in [-0.39, 0.29) is 0 Å². The zero-order chi connectivity index (χ0) is 19.1. The fourth-order valence-electron chi connectivity index (χ4n) is 3.50. The molecule has 27 heavy (non-hydrogen) atoms. The molecular formula is C23H28ClN3. The zero-order valence-electron chi connectivity index (χ0n) is 16.2. The number of halogens is 1. The first kappa shape index (κ1) is 19.7. The van der Waals surface area contributed by atoms with Crippen LogP contribution in [0.2, 0.25) is 5.02 Å². The number of rotatable bonds is 9. The van der Waals surface area contributed by atoms with Gasteiger partial charge < -0.3 is 10.2 Å². The Morgan fingerprint density at radius 1 is 1.04 bits per heavy atom. The molecule has 2 aromatic carbocycles. The predicted octanol–water partition coefficient (Wildman–Crippen LogP) is 5.82. The number of hydrogen-bond donors (Lipinski definition) is 1. The van der Waals surface area contributed by atoms with E-state index in [1.807, 2.05) is 30.5 Å². The van der Waals surface area contributed by atoms with Gasteiger partial charge in [-0.05, 0) is 55.9 Å². The lowest BCUT2D eigenvalue weighted by atomic mass is 9.95. The van der Waals surface area contributed by atoms with E-state index < -0.39 is 0 Å². The maximum Gasteiger partial charge on any atom is 0.0737 e. The summed E-state index contributed by atoms with van der Waals surface area (Å²) >= 11 is 6.11. The molecule has 0 radical (unpaired) electrons. The average Bonchev–Trinajstić information content (AvgIpc) is 2.71. The molecule has 3 nitrogen and oxygen atoms in total. The Bertz CT molecular complexity index is 847. The molecule has 1 aromatic heterocycles. The van der Waals surface area contributed by atoms with Crippen LogP contribution in [0.25, 0.3) is 10.9 Å². The minimum Gasteiger partial charge on any atom is -0.384 e. The largest absolute Gasteiger partial charge is 0.384 e. The van der Waals surface area contributed by atoms with Crippen molar-refractivity contribution in [2.45, 2.75) is 26.2 Å². The number of hydrogen-bond acceptors (Lipinski definition) is 3. The highest BCUT2D eigenvalue weighted by Crippen LogP contribution is 2.26. The topological polar surface area (TPSA) is 28.2 Å². The maximum absolute atomic E-state index is 6.11. The Labute approximate surface area is 167 Å². The van der Waals surface area contributed by atoms with Crippen molar-refractivity contribution in [1.82, 2.24) is 9.88 Å². The van der Waals surface area contributed by atoms with Crippen LogP contribution in [-0.2, 0) is 0 Å². The van der Waals surface area contributed by atoms with E-state index in [1.54, 1.807) is 0 Å². The van der Waals surface area contributed by atoms with Crippen LogP contribution < -0.4 is 5.32 Å². The van der Waals surface area contributed by atoms with E-state index in [4.69, 9.17) is 11.6 Å². The number of anilines is 1.